The number of fused-ring (bicyclic) bond motifs is 1. The van der Waals surface area contributed by atoms with Gasteiger partial charge in [-0.25, -0.2) is 9.67 Å². The Morgan fingerprint density at radius 3 is 2.44 bits per heavy atom. The molecule has 0 saturated carbocycles. The summed E-state index contributed by atoms with van der Waals surface area (Å²) in [6.07, 6.45) is 2.82. The zero-order chi connectivity index (χ0) is 23.7. The highest BCUT2D eigenvalue weighted by Crippen LogP contribution is 2.29. The van der Waals surface area contributed by atoms with Crippen LogP contribution in [0.25, 0.3) is 27.8 Å². The maximum atomic E-state index is 13.4. The number of aryl methyl sites for hydroxylation is 2. The molecule has 5 aromatic rings. The van der Waals surface area contributed by atoms with E-state index in [9.17, 15) is 4.79 Å². The van der Waals surface area contributed by atoms with Crippen LogP contribution in [-0.4, -0.2) is 20.7 Å². The number of aromatic nitrogens is 3. The number of rotatable bonds is 5. The topological polar surface area (TPSA) is 59.8 Å². The van der Waals surface area contributed by atoms with Crippen molar-refractivity contribution in [3.63, 3.8) is 0 Å². The molecule has 0 saturated heterocycles. The molecule has 0 aliphatic heterocycles. The number of hydrogen-bond donors (Lipinski definition) is 1. The summed E-state index contributed by atoms with van der Waals surface area (Å²) < 4.78 is 1.92. The Labute approximate surface area is 199 Å². The fourth-order valence-electron chi connectivity index (χ4n) is 4.20. The van der Waals surface area contributed by atoms with Crippen LogP contribution in [0.3, 0.4) is 0 Å². The Balaban J connectivity index is 1.58. The van der Waals surface area contributed by atoms with Crippen molar-refractivity contribution in [1.82, 2.24) is 14.8 Å². The smallest absolute Gasteiger partial charge is 0.256 e. The van der Waals surface area contributed by atoms with Gasteiger partial charge >= 0.3 is 0 Å². The molecular formula is C29H26N4O. The predicted octanol–water partition coefficient (Wildman–Crippen LogP) is 6.52. The lowest BCUT2D eigenvalue weighted by Crippen LogP contribution is -2.14. The van der Waals surface area contributed by atoms with Gasteiger partial charge in [0.1, 0.15) is 0 Å². The van der Waals surface area contributed by atoms with Gasteiger partial charge in [-0.05, 0) is 61.7 Å². The predicted molar refractivity (Wildman–Crippen MR) is 138 cm³/mol. The van der Waals surface area contributed by atoms with E-state index in [2.05, 4.69) is 41.6 Å². The average Bonchev–Trinajstić information content (AvgIpc) is 3.26. The number of carbonyl (C=O) groups is 1. The lowest BCUT2D eigenvalue weighted by atomic mass is 10.0. The average molecular weight is 447 g/mol. The van der Waals surface area contributed by atoms with Gasteiger partial charge in [0, 0.05) is 16.6 Å². The Kier molecular flexibility index (Phi) is 5.68. The largest absolute Gasteiger partial charge is 0.322 e. The van der Waals surface area contributed by atoms with Crippen LogP contribution in [0.5, 0.6) is 0 Å². The van der Waals surface area contributed by atoms with Crippen LogP contribution in [0, 0.1) is 13.8 Å². The van der Waals surface area contributed by atoms with E-state index in [1.165, 1.54) is 5.56 Å². The number of pyridine rings is 1. The molecule has 5 heteroatoms. The van der Waals surface area contributed by atoms with Crippen molar-refractivity contribution in [2.75, 3.05) is 5.32 Å². The molecule has 0 bridgehead atoms. The number of hydrogen-bond acceptors (Lipinski definition) is 3. The van der Waals surface area contributed by atoms with Gasteiger partial charge in [-0.2, -0.15) is 5.10 Å². The number of benzene rings is 3. The first-order valence-corrected chi connectivity index (χ1v) is 11.5. The van der Waals surface area contributed by atoms with E-state index in [1.54, 1.807) is 0 Å². The van der Waals surface area contributed by atoms with Gasteiger partial charge in [0.2, 0.25) is 0 Å². The Morgan fingerprint density at radius 2 is 1.68 bits per heavy atom. The Bertz CT molecular complexity index is 1500. The fourth-order valence-corrected chi connectivity index (χ4v) is 4.20. The fraction of sp³-hybridized carbons (Fsp3) is 0.138. The van der Waals surface area contributed by atoms with E-state index in [0.29, 0.717) is 5.56 Å². The molecule has 2 aromatic heterocycles. The molecule has 1 amide bonds. The van der Waals surface area contributed by atoms with Gasteiger partial charge in [-0.15, -0.1) is 0 Å². The lowest BCUT2D eigenvalue weighted by molar-refractivity contribution is 0.102. The SMILES string of the molecule is CCc1ccc(-n2ncc(-c3cc(C(=O)Nc4ccccc4C)c4ccccc4n3)c2C)cc1. The minimum atomic E-state index is -0.158. The summed E-state index contributed by atoms with van der Waals surface area (Å²) in [5.41, 5.74) is 8.05. The minimum Gasteiger partial charge on any atom is -0.322 e. The highest BCUT2D eigenvalue weighted by Gasteiger charge is 2.18. The van der Waals surface area contributed by atoms with Gasteiger partial charge in [0.25, 0.3) is 5.91 Å². The van der Waals surface area contributed by atoms with Gasteiger partial charge < -0.3 is 5.32 Å². The second kappa shape index (κ2) is 8.94. The van der Waals surface area contributed by atoms with E-state index in [-0.39, 0.29) is 5.91 Å². The first-order chi connectivity index (χ1) is 16.5. The number of para-hydroxylation sites is 2. The molecule has 0 aliphatic rings. The Morgan fingerprint density at radius 1 is 0.941 bits per heavy atom. The molecule has 5 nitrogen and oxygen atoms in total. The van der Waals surface area contributed by atoms with Crippen LogP contribution >= 0.6 is 0 Å². The molecule has 0 radical (unpaired) electrons. The van der Waals surface area contributed by atoms with Crippen molar-refractivity contribution in [1.29, 1.82) is 0 Å². The van der Waals surface area contributed by atoms with Crippen molar-refractivity contribution in [3.05, 3.63) is 107 Å². The lowest BCUT2D eigenvalue weighted by Gasteiger charge is -2.12. The van der Waals surface area contributed by atoms with E-state index < -0.39 is 0 Å². The van der Waals surface area contributed by atoms with E-state index >= 15 is 0 Å². The zero-order valence-electron chi connectivity index (χ0n) is 19.5. The Hall–Kier alpha value is -4.25. The first kappa shape index (κ1) is 21.6. The van der Waals surface area contributed by atoms with Crippen LogP contribution in [0.4, 0.5) is 5.69 Å². The van der Waals surface area contributed by atoms with Crippen LogP contribution in [0.1, 0.15) is 34.1 Å². The van der Waals surface area contributed by atoms with Gasteiger partial charge in [-0.1, -0.05) is 55.5 Å². The van der Waals surface area contributed by atoms with Crippen LogP contribution in [0.15, 0.2) is 85.1 Å². The molecule has 1 N–H and O–H groups in total. The molecule has 5 rings (SSSR count). The quantitative estimate of drug-likeness (QED) is 0.334. The van der Waals surface area contributed by atoms with Gasteiger partial charge in [-0.3, -0.25) is 4.79 Å². The van der Waals surface area contributed by atoms with Crippen molar-refractivity contribution < 1.29 is 4.79 Å². The monoisotopic (exact) mass is 446 g/mol. The van der Waals surface area contributed by atoms with Crippen LogP contribution in [-0.2, 0) is 6.42 Å². The molecule has 34 heavy (non-hydrogen) atoms. The number of carbonyl (C=O) groups excluding carboxylic acids is 1. The molecular weight excluding hydrogens is 420 g/mol. The molecule has 0 unspecified atom stereocenters. The molecule has 2 heterocycles. The molecule has 0 fully saturated rings. The van der Waals surface area contributed by atoms with Crippen molar-refractivity contribution in [3.8, 4) is 16.9 Å². The van der Waals surface area contributed by atoms with E-state index in [4.69, 9.17) is 4.98 Å². The minimum absolute atomic E-state index is 0.158. The maximum absolute atomic E-state index is 13.4. The summed E-state index contributed by atoms with van der Waals surface area (Å²) in [7, 11) is 0. The summed E-state index contributed by atoms with van der Waals surface area (Å²) in [4.78, 5) is 18.3. The summed E-state index contributed by atoms with van der Waals surface area (Å²) >= 11 is 0. The van der Waals surface area contributed by atoms with E-state index in [0.717, 1.165) is 51.2 Å². The highest BCUT2D eigenvalue weighted by atomic mass is 16.1. The highest BCUT2D eigenvalue weighted by molar-refractivity contribution is 6.13. The van der Waals surface area contributed by atoms with Gasteiger partial charge in [0.05, 0.1) is 34.4 Å². The number of nitrogens with one attached hydrogen (secondary N) is 1. The van der Waals surface area contributed by atoms with Crippen molar-refractivity contribution in [2.24, 2.45) is 0 Å². The summed E-state index contributed by atoms with van der Waals surface area (Å²) in [6.45, 7) is 6.15. The molecule has 0 atom stereocenters. The normalized spacial score (nSPS) is 11.0. The number of anilines is 1. The first-order valence-electron chi connectivity index (χ1n) is 11.5. The van der Waals surface area contributed by atoms with Crippen molar-refractivity contribution >= 4 is 22.5 Å². The third-order valence-electron chi connectivity index (χ3n) is 6.23. The van der Waals surface area contributed by atoms with Crippen molar-refractivity contribution in [2.45, 2.75) is 27.2 Å². The standard InChI is InChI=1S/C29H26N4O/c1-4-21-13-15-22(16-14-21)33-20(3)25(18-30-33)28-17-24(23-10-6-8-12-27(23)31-28)29(34)32-26-11-7-5-9-19(26)2/h5-18H,4H2,1-3H3,(H,32,34). The second-order valence-corrected chi connectivity index (χ2v) is 8.42. The van der Waals surface area contributed by atoms with E-state index in [1.807, 2.05) is 79.3 Å². The molecule has 0 spiro atoms. The summed E-state index contributed by atoms with van der Waals surface area (Å²) in [5.74, 6) is -0.158. The van der Waals surface area contributed by atoms with Crippen LogP contribution < -0.4 is 5.32 Å². The van der Waals surface area contributed by atoms with Crippen LogP contribution in [0.2, 0.25) is 0 Å². The zero-order valence-corrected chi connectivity index (χ0v) is 19.5. The molecule has 0 aliphatic carbocycles. The third-order valence-corrected chi connectivity index (χ3v) is 6.23. The second-order valence-electron chi connectivity index (χ2n) is 8.42. The number of amides is 1. The maximum Gasteiger partial charge on any atom is 0.256 e. The molecule has 3 aromatic carbocycles. The third kappa shape index (κ3) is 3.97. The summed E-state index contributed by atoms with van der Waals surface area (Å²) in [6, 6.07) is 25.8. The molecule has 168 valence electrons. The summed E-state index contributed by atoms with van der Waals surface area (Å²) in [5, 5.41) is 8.51. The van der Waals surface area contributed by atoms with Gasteiger partial charge in [0.15, 0.2) is 0 Å². The number of nitrogens with zero attached hydrogens (tertiary/aromatic N) is 3.